The van der Waals surface area contributed by atoms with Crippen molar-refractivity contribution in [3.63, 3.8) is 0 Å². The number of hydrogen-bond donors (Lipinski definition) is 2. The highest BCUT2D eigenvalue weighted by Crippen LogP contribution is 2.34. The van der Waals surface area contributed by atoms with Crippen LogP contribution < -0.4 is 20.1 Å². The fourth-order valence-electron chi connectivity index (χ4n) is 2.74. The minimum atomic E-state index is -0.515. The van der Waals surface area contributed by atoms with E-state index < -0.39 is 11.9 Å². The predicted octanol–water partition coefficient (Wildman–Crippen LogP) is 2.70. The first-order valence-corrected chi connectivity index (χ1v) is 8.54. The number of amides is 2. The molecule has 2 N–H and O–H groups in total. The summed E-state index contributed by atoms with van der Waals surface area (Å²) in [6.45, 7) is 0. The number of carbonyl (C=O) groups excluding carboxylic acids is 2. The smallest absolute Gasteiger partial charge is 0.258 e. The highest BCUT2D eigenvalue weighted by Gasteiger charge is 2.26. The SMILES string of the molecule is COc1ccc(OC)c([C@@H]2CC(=O)NC(NC(=O)c3cccc(Cl)c3)=N2)c1. The van der Waals surface area contributed by atoms with Gasteiger partial charge in [-0.05, 0) is 36.4 Å². The van der Waals surface area contributed by atoms with E-state index in [1.807, 2.05) is 0 Å². The molecule has 0 saturated carbocycles. The first-order valence-electron chi connectivity index (χ1n) is 8.16. The summed E-state index contributed by atoms with van der Waals surface area (Å²) in [5.41, 5.74) is 1.06. The van der Waals surface area contributed by atoms with Gasteiger partial charge < -0.3 is 9.47 Å². The third-order valence-electron chi connectivity index (χ3n) is 4.04. The second-order valence-electron chi connectivity index (χ2n) is 5.82. The lowest BCUT2D eigenvalue weighted by molar-refractivity contribution is -0.120. The lowest BCUT2D eigenvalue weighted by atomic mass is 10.0. The van der Waals surface area contributed by atoms with Crippen LogP contribution in [-0.2, 0) is 4.79 Å². The number of aliphatic imine (C=N–C) groups is 1. The largest absolute Gasteiger partial charge is 0.497 e. The van der Waals surface area contributed by atoms with Crippen molar-refractivity contribution in [1.29, 1.82) is 0 Å². The first kappa shape index (κ1) is 18.7. The van der Waals surface area contributed by atoms with Gasteiger partial charge >= 0.3 is 0 Å². The number of ether oxygens (including phenoxy) is 2. The van der Waals surface area contributed by atoms with Crippen LogP contribution in [-0.4, -0.2) is 32.0 Å². The second kappa shape index (κ2) is 8.09. The zero-order valence-corrected chi connectivity index (χ0v) is 15.5. The molecule has 140 valence electrons. The molecule has 0 spiro atoms. The van der Waals surface area contributed by atoms with Crippen LogP contribution in [0, 0.1) is 0 Å². The summed E-state index contributed by atoms with van der Waals surface area (Å²) in [5.74, 6) is 0.596. The quantitative estimate of drug-likeness (QED) is 0.844. The van der Waals surface area contributed by atoms with Gasteiger partial charge in [0.25, 0.3) is 5.91 Å². The molecule has 0 bridgehead atoms. The number of halogens is 1. The molecule has 1 aliphatic rings. The summed E-state index contributed by atoms with van der Waals surface area (Å²) >= 11 is 5.91. The molecule has 2 aromatic carbocycles. The van der Waals surface area contributed by atoms with E-state index in [9.17, 15) is 9.59 Å². The molecule has 0 saturated heterocycles. The fraction of sp³-hybridized carbons (Fsp3) is 0.211. The van der Waals surface area contributed by atoms with Crippen LogP contribution in [0.1, 0.15) is 28.4 Å². The first-order chi connectivity index (χ1) is 13.0. The average Bonchev–Trinajstić information content (AvgIpc) is 2.67. The summed E-state index contributed by atoms with van der Waals surface area (Å²) < 4.78 is 10.6. The topological polar surface area (TPSA) is 89.0 Å². The highest BCUT2D eigenvalue weighted by atomic mass is 35.5. The Bertz CT molecular complexity index is 914. The molecular weight excluding hydrogens is 370 g/mol. The van der Waals surface area contributed by atoms with Gasteiger partial charge in [-0.2, -0.15) is 0 Å². The maximum absolute atomic E-state index is 12.4. The molecule has 2 aromatic rings. The van der Waals surface area contributed by atoms with E-state index in [0.717, 1.165) is 0 Å². The summed E-state index contributed by atoms with van der Waals surface area (Å²) in [6.07, 6.45) is 0.125. The molecule has 1 aliphatic heterocycles. The van der Waals surface area contributed by atoms with E-state index in [-0.39, 0.29) is 18.3 Å². The molecule has 0 aliphatic carbocycles. The van der Waals surface area contributed by atoms with Gasteiger partial charge in [0.2, 0.25) is 11.9 Å². The van der Waals surface area contributed by atoms with Crippen molar-refractivity contribution in [2.45, 2.75) is 12.5 Å². The fourth-order valence-corrected chi connectivity index (χ4v) is 2.94. The average molecular weight is 388 g/mol. The number of nitrogens with one attached hydrogen (secondary N) is 2. The lowest BCUT2D eigenvalue weighted by Crippen LogP contribution is -2.47. The lowest BCUT2D eigenvalue weighted by Gasteiger charge is -2.23. The Morgan fingerprint density at radius 1 is 1.22 bits per heavy atom. The van der Waals surface area contributed by atoms with Crippen molar-refractivity contribution < 1.29 is 19.1 Å². The highest BCUT2D eigenvalue weighted by molar-refractivity contribution is 6.31. The number of hydrogen-bond acceptors (Lipinski definition) is 5. The molecular formula is C19H18ClN3O4. The Morgan fingerprint density at radius 2 is 2.04 bits per heavy atom. The molecule has 27 heavy (non-hydrogen) atoms. The minimum Gasteiger partial charge on any atom is -0.497 e. The predicted molar refractivity (Wildman–Crippen MR) is 101 cm³/mol. The number of rotatable bonds is 4. The van der Waals surface area contributed by atoms with E-state index in [1.165, 1.54) is 6.07 Å². The van der Waals surface area contributed by atoms with E-state index in [0.29, 0.717) is 27.6 Å². The summed E-state index contributed by atoms with van der Waals surface area (Å²) in [6, 6.07) is 11.3. The van der Waals surface area contributed by atoms with Crippen molar-refractivity contribution >= 4 is 29.4 Å². The van der Waals surface area contributed by atoms with E-state index in [2.05, 4.69) is 15.6 Å². The third-order valence-corrected chi connectivity index (χ3v) is 4.27. The van der Waals surface area contributed by atoms with Crippen molar-refractivity contribution in [3.8, 4) is 11.5 Å². The molecule has 1 atom stereocenters. The van der Waals surface area contributed by atoms with Crippen molar-refractivity contribution in [1.82, 2.24) is 10.6 Å². The molecule has 0 unspecified atom stereocenters. The van der Waals surface area contributed by atoms with Gasteiger partial charge in [0.1, 0.15) is 11.5 Å². The van der Waals surface area contributed by atoms with E-state index in [4.69, 9.17) is 21.1 Å². The number of carbonyl (C=O) groups is 2. The molecule has 3 rings (SSSR count). The molecule has 1 heterocycles. The van der Waals surface area contributed by atoms with Crippen molar-refractivity contribution in [2.24, 2.45) is 4.99 Å². The maximum atomic E-state index is 12.4. The van der Waals surface area contributed by atoms with E-state index in [1.54, 1.807) is 50.6 Å². The van der Waals surface area contributed by atoms with Crippen LogP contribution in [0.3, 0.4) is 0 Å². The molecule has 0 radical (unpaired) electrons. The minimum absolute atomic E-state index is 0.0751. The third kappa shape index (κ3) is 4.38. The Hall–Kier alpha value is -3.06. The normalized spacial score (nSPS) is 16.2. The number of benzene rings is 2. The van der Waals surface area contributed by atoms with Crippen LogP contribution in [0.15, 0.2) is 47.5 Å². The van der Waals surface area contributed by atoms with Gasteiger partial charge in [0.15, 0.2) is 0 Å². The molecule has 8 heteroatoms. The van der Waals surface area contributed by atoms with Gasteiger partial charge in [0.05, 0.1) is 26.7 Å². The van der Waals surface area contributed by atoms with Gasteiger partial charge in [-0.25, -0.2) is 4.99 Å². The molecule has 0 aromatic heterocycles. The second-order valence-corrected chi connectivity index (χ2v) is 6.25. The van der Waals surface area contributed by atoms with Crippen molar-refractivity contribution in [2.75, 3.05) is 14.2 Å². The zero-order valence-electron chi connectivity index (χ0n) is 14.8. The van der Waals surface area contributed by atoms with Crippen LogP contribution in [0.5, 0.6) is 11.5 Å². The number of methoxy groups -OCH3 is 2. The number of nitrogens with zero attached hydrogens (tertiary/aromatic N) is 1. The van der Waals surface area contributed by atoms with Gasteiger partial charge in [0, 0.05) is 16.1 Å². The van der Waals surface area contributed by atoms with Crippen LogP contribution in [0.4, 0.5) is 0 Å². The van der Waals surface area contributed by atoms with E-state index >= 15 is 0 Å². The summed E-state index contributed by atoms with van der Waals surface area (Å²) in [7, 11) is 3.10. The van der Waals surface area contributed by atoms with Crippen LogP contribution in [0.2, 0.25) is 5.02 Å². The number of guanidine groups is 1. The summed E-state index contributed by atoms with van der Waals surface area (Å²) in [4.78, 5) is 29.0. The Balaban J connectivity index is 1.88. The molecule has 7 nitrogen and oxygen atoms in total. The standard InChI is InChI=1S/C19H18ClN3O4/c1-26-13-6-7-16(27-2)14(9-13)15-10-17(24)22-19(21-15)23-18(25)11-4-3-5-12(20)8-11/h3-9,15H,10H2,1-2H3,(H2,21,22,23,24,25)/t15-/m0/s1. The molecule has 0 fully saturated rings. The maximum Gasteiger partial charge on any atom is 0.258 e. The van der Waals surface area contributed by atoms with Gasteiger partial charge in [-0.15, -0.1) is 0 Å². The zero-order chi connectivity index (χ0) is 19.4. The Labute approximate surface area is 161 Å². The van der Waals surface area contributed by atoms with Gasteiger partial charge in [-0.1, -0.05) is 17.7 Å². The monoisotopic (exact) mass is 387 g/mol. The molecule has 2 amide bonds. The van der Waals surface area contributed by atoms with Crippen LogP contribution >= 0.6 is 11.6 Å². The summed E-state index contributed by atoms with van der Waals surface area (Å²) in [5, 5.41) is 5.62. The van der Waals surface area contributed by atoms with Gasteiger partial charge in [-0.3, -0.25) is 20.2 Å². The Morgan fingerprint density at radius 3 is 2.74 bits per heavy atom. The Kier molecular flexibility index (Phi) is 5.61. The van der Waals surface area contributed by atoms with Crippen LogP contribution in [0.25, 0.3) is 0 Å². The van der Waals surface area contributed by atoms with Crippen molar-refractivity contribution in [3.05, 3.63) is 58.6 Å².